The number of hydrogen-bond acceptors (Lipinski definition) is 5. The van der Waals surface area contributed by atoms with Crippen molar-refractivity contribution in [1.82, 2.24) is 14.5 Å². The number of carbonyl (C=O) groups excluding carboxylic acids is 1. The topological polar surface area (TPSA) is 81.5 Å². The van der Waals surface area contributed by atoms with Crippen LogP contribution in [0.1, 0.15) is 78.2 Å². The lowest BCUT2D eigenvalue weighted by atomic mass is 9.95. The highest BCUT2D eigenvalue weighted by molar-refractivity contribution is 7.90. The van der Waals surface area contributed by atoms with Crippen molar-refractivity contribution >= 4 is 27.3 Å². The number of ether oxygens (including phenoxy) is 1. The van der Waals surface area contributed by atoms with Crippen LogP contribution in [0, 0.1) is 6.92 Å². The van der Waals surface area contributed by atoms with Crippen LogP contribution < -0.4 is 0 Å². The molecule has 0 N–H and O–H groups in total. The number of carbonyl (C=O) groups is 1. The quantitative estimate of drug-likeness (QED) is 0.309. The molecule has 1 aromatic heterocycles. The van der Waals surface area contributed by atoms with Gasteiger partial charge < -0.3 is 14.2 Å². The molecule has 0 radical (unpaired) electrons. The molecule has 0 bridgehead atoms. The van der Waals surface area contributed by atoms with Crippen molar-refractivity contribution in [2.45, 2.75) is 81.5 Å². The first kappa shape index (κ1) is 27.9. The molecule has 9 heteroatoms. The second-order valence-corrected chi connectivity index (χ2v) is 13.1. The van der Waals surface area contributed by atoms with E-state index in [0.717, 1.165) is 61.8 Å². The maximum atomic E-state index is 13.7. The van der Waals surface area contributed by atoms with E-state index < -0.39 is 9.84 Å². The average molecular weight is 570 g/mol. The van der Waals surface area contributed by atoms with Crippen molar-refractivity contribution in [2.75, 3.05) is 13.2 Å². The third kappa shape index (κ3) is 6.73. The molecule has 2 aromatic carbocycles. The van der Waals surface area contributed by atoms with Crippen LogP contribution in [0.25, 0.3) is 0 Å². The number of sulfone groups is 1. The van der Waals surface area contributed by atoms with Gasteiger partial charge >= 0.3 is 0 Å². The highest BCUT2D eigenvalue weighted by Crippen LogP contribution is 2.33. The summed E-state index contributed by atoms with van der Waals surface area (Å²) < 4.78 is 35.3. The fraction of sp³-hybridized carbons (Fsp3) is 0.467. The Balaban J connectivity index is 1.50. The molecule has 2 heterocycles. The van der Waals surface area contributed by atoms with Gasteiger partial charge in [-0.25, -0.2) is 13.4 Å². The van der Waals surface area contributed by atoms with E-state index in [4.69, 9.17) is 16.3 Å². The number of rotatable bonds is 9. The number of hydrogen-bond donors (Lipinski definition) is 0. The number of aryl methyl sites for hydroxylation is 1. The summed E-state index contributed by atoms with van der Waals surface area (Å²) in [5, 5.41) is 0.591. The van der Waals surface area contributed by atoms with Gasteiger partial charge in [-0.15, -0.1) is 0 Å². The fourth-order valence-electron chi connectivity index (χ4n) is 5.79. The van der Waals surface area contributed by atoms with Gasteiger partial charge in [0.2, 0.25) is 15.0 Å². The highest BCUT2D eigenvalue weighted by Gasteiger charge is 2.31. The van der Waals surface area contributed by atoms with Crippen molar-refractivity contribution in [2.24, 2.45) is 0 Å². The number of benzene rings is 2. The summed E-state index contributed by atoms with van der Waals surface area (Å²) in [7, 11) is -3.72. The Kier molecular flexibility index (Phi) is 8.74. The van der Waals surface area contributed by atoms with E-state index in [1.54, 1.807) is 35.4 Å². The van der Waals surface area contributed by atoms with Gasteiger partial charge in [0.1, 0.15) is 0 Å². The molecule has 208 valence electrons. The van der Waals surface area contributed by atoms with Crippen LogP contribution in [0.3, 0.4) is 0 Å². The van der Waals surface area contributed by atoms with E-state index in [0.29, 0.717) is 23.7 Å². The molecule has 39 heavy (non-hydrogen) atoms. The lowest BCUT2D eigenvalue weighted by Gasteiger charge is -2.30. The molecule has 1 saturated carbocycles. The number of imidazole rings is 1. The normalized spacial score (nSPS) is 18.4. The van der Waals surface area contributed by atoms with Crippen LogP contribution in [-0.2, 0) is 26.9 Å². The molecule has 2 fully saturated rings. The molecule has 2 aliphatic rings. The van der Waals surface area contributed by atoms with E-state index >= 15 is 0 Å². The Morgan fingerprint density at radius 3 is 2.59 bits per heavy atom. The molecular formula is C30H36ClN3O4S. The van der Waals surface area contributed by atoms with Crippen LogP contribution in [0.15, 0.2) is 59.9 Å². The van der Waals surface area contributed by atoms with E-state index in [-0.39, 0.29) is 35.5 Å². The summed E-state index contributed by atoms with van der Waals surface area (Å²) in [6.45, 7) is 3.31. The molecule has 0 unspecified atom stereocenters. The minimum absolute atomic E-state index is 0.0318. The number of halogens is 1. The fourth-order valence-corrected chi connectivity index (χ4v) is 7.51. The first-order valence-electron chi connectivity index (χ1n) is 13.8. The second kappa shape index (κ2) is 12.2. The molecule has 7 nitrogen and oxygen atoms in total. The van der Waals surface area contributed by atoms with Gasteiger partial charge in [0.05, 0.1) is 30.3 Å². The van der Waals surface area contributed by atoms with Crippen LogP contribution in [0.4, 0.5) is 0 Å². The standard InChI is InChI=1S/C30H36ClN3O4S/c1-22-8-5-9-23(16-22)21-39(36,37)30-32-18-27(34(30)26-12-3-2-4-13-26)19-33(20-28-14-7-15-38-28)29(35)24-10-6-11-25(31)17-24/h5-6,8-11,16-18,26,28H,2-4,7,12-15,19-21H2,1H3/t28-/m1/s1. The lowest BCUT2D eigenvalue weighted by molar-refractivity contribution is 0.0499. The average Bonchev–Trinajstić information content (AvgIpc) is 3.59. The summed E-state index contributed by atoms with van der Waals surface area (Å²) in [4.78, 5) is 20.0. The van der Waals surface area contributed by atoms with Gasteiger partial charge in [-0.3, -0.25) is 4.79 Å². The minimum atomic E-state index is -3.72. The Bertz CT molecular complexity index is 1410. The maximum absolute atomic E-state index is 13.7. The molecular weight excluding hydrogens is 534 g/mol. The third-order valence-corrected chi connectivity index (χ3v) is 9.46. The molecule has 1 amide bonds. The van der Waals surface area contributed by atoms with Crippen molar-refractivity contribution in [3.63, 3.8) is 0 Å². The molecule has 1 atom stereocenters. The molecule has 3 aromatic rings. The van der Waals surface area contributed by atoms with Crippen LogP contribution in [-0.4, -0.2) is 48.0 Å². The minimum Gasteiger partial charge on any atom is -0.376 e. The summed E-state index contributed by atoms with van der Waals surface area (Å²) in [5.74, 6) is -0.271. The van der Waals surface area contributed by atoms with Crippen LogP contribution in [0.5, 0.6) is 0 Å². The van der Waals surface area contributed by atoms with Crippen molar-refractivity contribution in [1.29, 1.82) is 0 Å². The second-order valence-electron chi connectivity index (χ2n) is 10.8. The lowest BCUT2D eigenvalue weighted by Crippen LogP contribution is -2.38. The van der Waals surface area contributed by atoms with Gasteiger partial charge in [-0.2, -0.15) is 0 Å². The van der Waals surface area contributed by atoms with E-state index in [1.165, 1.54) is 0 Å². The Morgan fingerprint density at radius 2 is 1.87 bits per heavy atom. The summed E-state index contributed by atoms with van der Waals surface area (Å²) >= 11 is 6.20. The van der Waals surface area contributed by atoms with Gasteiger partial charge in [0.25, 0.3) is 5.91 Å². The largest absolute Gasteiger partial charge is 0.376 e. The first-order valence-corrected chi connectivity index (χ1v) is 15.8. The SMILES string of the molecule is Cc1cccc(CS(=O)(=O)c2ncc(CN(C[C@H]3CCCO3)C(=O)c3cccc(Cl)c3)n2C2CCCCC2)c1. The smallest absolute Gasteiger partial charge is 0.254 e. The summed E-state index contributed by atoms with van der Waals surface area (Å²) in [6, 6.07) is 14.5. The summed E-state index contributed by atoms with van der Waals surface area (Å²) in [6.07, 6.45) is 8.46. The molecule has 1 aliphatic heterocycles. The molecule has 1 aliphatic carbocycles. The highest BCUT2D eigenvalue weighted by atomic mass is 35.5. The molecule has 1 saturated heterocycles. The number of aromatic nitrogens is 2. The van der Waals surface area contributed by atoms with Crippen molar-refractivity contribution in [3.05, 3.63) is 82.1 Å². The van der Waals surface area contributed by atoms with Crippen molar-refractivity contribution in [3.8, 4) is 0 Å². The molecule has 0 spiro atoms. The zero-order valence-electron chi connectivity index (χ0n) is 22.4. The first-order chi connectivity index (χ1) is 18.8. The van der Waals surface area contributed by atoms with E-state index in [2.05, 4.69) is 4.98 Å². The van der Waals surface area contributed by atoms with Crippen molar-refractivity contribution < 1.29 is 17.9 Å². The zero-order chi connectivity index (χ0) is 27.4. The van der Waals surface area contributed by atoms with Gasteiger partial charge in [-0.05, 0) is 56.4 Å². The van der Waals surface area contributed by atoms with Gasteiger partial charge in [0, 0.05) is 29.8 Å². The van der Waals surface area contributed by atoms with Gasteiger partial charge in [-0.1, -0.05) is 66.8 Å². The maximum Gasteiger partial charge on any atom is 0.254 e. The predicted octanol–water partition coefficient (Wildman–Crippen LogP) is 6.15. The third-order valence-electron chi connectivity index (χ3n) is 7.66. The Hall–Kier alpha value is -2.68. The Labute approximate surface area is 236 Å². The van der Waals surface area contributed by atoms with E-state index in [1.807, 2.05) is 35.8 Å². The zero-order valence-corrected chi connectivity index (χ0v) is 24.0. The summed E-state index contributed by atoms with van der Waals surface area (Å²) in [5.41, 5.74) is 2.99. The monoisotopic (exact) mass is 569 g/mol. The van der Waals surface area contributed by atoms with Crippen LogP contribution >= 0.6 is 11.6 Å². The van der Waals surface area contributed by atoms with Crippen LogP contribution in [0.2, 0.25) is 5.02 Å². The number of amides is 1. The Morgan fingerprint density at radius 1 is 1.08 bits per heavy atom. The van der Waals surface area contributed by atoms with Gasteiger partial charge in [0.15, 0.2) is 0 Å². The number of nitrogens with zero attached hydrogens (tertiary/aromatic N) is 3. The molecule has 5 rings (SSSR count). The van der Waals surface area contributed by atoms with E-state index in [9.17, 15) is 13.2 Å². The predicted molar refractivity (Wildman–Crippen MR) is 152 cm³/mol.